The third kappa shape index (κ3) is 5.24. The van der Waals surface area contributed by atoms with E-state index < -0.39 is 6.10 Å². The van der Waals surface area contributed by atoms with Crippen molar-refractivity contribution in [2.24, 2.45) is 5.92 Å². The maximum absolute atomic E-state index is 9.12. The van der Waals surface area contributed by atoms with Crippen molar-refractivity contribution in [3.63, 3.8) is 0 Å². The molecule has 0 saturated carbocycles. The fourth-order valence-corrected chi connectivity index (χ4v) is 1.55. The Hall–Kier alpha value is -0.120. The summed E-state index contributed by atoms with van der Waals surface area (Å²) in [5, 5.41) is 21.0. The molecule has 0 aliphatic carbocycles. The number of rotatable bonds is 7. The smallest absolute Gasteiger partial charge is 0.0895 e. The van der Waals surface area contributed by atoms with E-state index in [0.717, 1.165) is 12.8 Å². The van der Waals surface area contributed by atoms with Crippen LogP contribution in [0.4, 0.5) is 0 Å². The Morgan fingerprint density at radius 1 is 1.23 bits per heavy atom. The molecule has 0 aromatic rings. The van der Waals surface area contributed by atoms with Gasteiger partial charge < -0.3 is 15.5 Å². The van der Waals surface area contributed by atoms with Gasteiger partial charge in [0.05, 0.1) is 12.7 Å². The van der Waals surface area contributed by atoms with E-state index in [1.165, 1.54) is 0 Å². The summed E-state index contributed by atoms with van der Waals surface area (Å²) < 4.78 is 0. The van der Waals surface area contributed by atoms with Crippen molar-refractivity contribution < 1.29 is 10.2 Å². The zero-order valence-corrected chi connectivity index (χ0v) is 8.95. The molecule has 2 atom stereocenters. The zero-order chi connectivity index (χ0) is 10.3. The van der Waals surface area contributed by atoms with Crippen LogP contribution >= 0.6 is 0 Å². The van der Waals surface area contributed by atoms with E-state index in [4.69, 9.17) is 10.2 Å². The van der Waals surface area contributed by atoms with Crippen molar-refractivity contribution in [2.45, 2.75) is 45.8 Å². The van der Waals surface area contributed by atoms with Crippen LogP contribution in [0.2, 0.25) is 0 Å². The highest BCUT2D eigenvalue weighted by atomic mass is 16.3. The number of hydrogen-bond acceptors (Lipinski definition) is 3. The average Bonchev–Trinajstić information content (AvgIpc) is 2.16. The predicted molar refractivity (Wildman–Crippen MR) is 54.6 cm³/mol. The standard InChI is InChI=1S/C10H23NO2/c1-4-9(5-2)8(3)11-6-10(13)7-12/h8-13H,4-7H2,1-3H3/t8?,10-/m0/s1. The first-order valence-corrected chi connectivity index (χ1v) is 5.17. The van der Waals surface area contributed by atoms with Crippen molar-refractivity contribution in [3.8, 4) is 0 Å². The highest BCUT2D eigenvalue weighted by Gasteiger charge is 2.13. The molecular formula is C10H23NO2. The summed E-state index contributed by atoms with van der Waals surface area (Å²) in [5.41, 5.74) is 0. The summed E-state index contributed by atoms with van der Waals surface area (Å²) in [6, 6.07) is 0.413. The molecule has 0 aromatic heterocycles. The normalized spacial score (nSPS) is 16.2. The van der Waals surface area contributed by atoms with Crippen LogP contribution in [0.25, 0.3) is 0 Å². The molecule has 80 valence electrons. The lowest BCUT2D eigenvalue weighted by Crippen LogP contribution is -2.39. The van der Waals surface area contributed by atoms with E-state index in [2.05, 4.69) is 26.1 Å². The van der Waals surface area contributed by atoms with Crippen LogP contribution in [0.5, 0.6) is 0 Å². The summed E-state index contributed by atoms with van der Waals surface area (Å²) in [4.78, 5) is 0. The summed E-state index contributed by atoms with van der Waals surface area (Å²) in [5.74, 6) is 0.658. The molecule has 0 aliphatic rings. The molecule has 0 bridgehead atoms. The van der Waals surface area contributed by atoms with Crippen LogP contribution in [0.1, 0.15) is 33.6 Å². The van der Waals surface area contributed by atoms with Gasteiger partial charge in [0, 0.05) is 12.6 Å². The van der Waals surface area contributed by atoms with Gasteiger partial charge in [-0.15, -0.1) is 0 Å². The lowest BCUT2D eigenvalue weighted by Gasteiger charge is -2.23. The van der Waals surface area contributed by atoms with Gasteiger partial charge in [-0.2, -0.15) is 0 Å². The van der Waals surface area contributed by atoms with Crippen LogP contribution in [-0.2, 0) is 0 Å². The molecule has 0 aliphatic heterocycles. The lowest BCUT2D eigenvalue weighted by molar-refractivity contribution is 0.0899. The fraction of sp³-hybridized carbons (Fsp3) is 1.00. The summed E-state index contributed by atoms with van der Waals surface area (Å²) >= 11 is 0. The van der Waals surface area contributed by atoms with Gasteiger partial charge in [-0.3, -0.25) is 0 Å². The molecular weight excluding hydrogens is 166 g/mol. The molecule has 13 heavy (non-hydrogen) atoms. The van der Waals surface area contributed by atoms with Gasteiger partial charge >= 0.3 is 0 Å². The lowest BCUT2D eigenvalue weighted by atomic mass is 9.95. The molecule has 3 nitrogen and oxygen atoms in total. The van der Waals surface area contributed by atoms with E-state index in [0.29, 0.717) is 18.5 Å². The molecule has 0 fully saturated rings. The number of aliphatic hydroxyl groups is 2. The Kier molecular flexibility index (Phi) is 7.23. The molecule has 0 aromatic carbocycles. The molecule has 3 N–H and O–H groups in total. The molecule has 3 heteroatoms. The molecule has 0 radical (unpaired) electrons. The van der Waals surface area contributed by atoms with Gasteiger partial charge in [0.1, 0.15) is 0 Å². The van der Waals surface area contributed by atoms with Gasteiger partial charge in [-0.25, -0.2) is 0 Å². The monoisotopic (exact) mass is 189 g/mol. The van der Waals surface area contributed by atoms with Gasteiger partial charge in [-0.1, -0.05) is 26.7 Å². The van der Waals surface area contributed by atoms with Crippen molar-refractivity contribution >= 4 is 0 Å². The van der Waals surface area contributed by atoms with E-state index in [9.17, 15) is 0 Å². The topological polar surface area (TPSA) is 52.5 Å². The first-order valence-electron chi connectivity index (χ1n) is 5.17. The molecule has 0 heterocycles. The minimum atomic E-state index is -0.628. The van der Waals surface area contributed by atoms with Crippen LogP contribution in [0, 0.1) is 5.92 Å². The van der Waals surface area contributed by atoms with Crippen molar-refractivity contribution in [1.82, 2.24) is 5.32 Å². The van der Waals surface area contributed by atoms with E-state index in [1.54, 1.807) is 0 Å². The van der Waals surface area contributed by atoms with Crippen LogP contribution in [-0.4, -0.2) is 35.5 Å². The maximum atomic E-state index is 9.12. The fourth-order valence-electron chi connectivity index (χ4n) is 1.55. The quantitative estimate of drug-likeness (QED) is 0.554. The maximum Gasteiger partial charge on any atom is 0.0895 e. The van der Waals surface area contributed by atoms with Crippen molar-refractivity contribution in [3.05, 3.63) is 0 Å². The highest BCUT2D eigenvalue weighted by molar-refractivity contribution is 4.71. The highest BCUT2D eigenvalue weighted by Crippen LogP contribution is 2.12. The summed E-state index contributed by atoms with van der Waals surface area (Å²) in [6.45, 7) is 6.79. The van der Waals surface area contributed by atoms with Gasteiger partial charge in [-0.05, 0) is 12.8 Å². The van der Waals surface area contributed by atoms with E-state index in [1.807, 2.05) is 0 Å². The van der Waals surface area contributed by atoms with E-state index in [-0.39, 0.29) is 6.61 Å². The van der Waals surface area contributed by atoms with Crippen molar-refractivity contribution in [1.29, 1.82) is 0 Å². The molecule has 0 saturated heterocycles. The first kappa shape index (κ1) is 12.9. The Morgan fingerprint density at radius 3 is 2.15 bits per heavy atom. The van der Waals surface area contributed by atoms with Crippen LogP contribution in [0.15, 0.2) is 0 Å². The largest absolute Gasteiger partial charge is 0.394 e. The molecule has 1 unspecified atom stereocenters. The Morgan fingerprint density at radius 2 is 1.77 bits per heavy atom. The summed E-state index contributed by atoms with van der Waals surface area (Å²) in [6.07, 6.45) is 1.68. The Balaban J connectivity index is 3.65. The molecule has 0 spiro atoms. The first-order chi connectivity index (χ1) is 6.15. The van der Waals surface area contributed by atoms with Gasteiger partial charge in [0.2, 0.25) is 0 Å². The number of hydrogen-bond donors (Lipinski definition) is 3. The van der Waals surface area contributed by atoms with Gasteiger partial charge in [0.15, 0.2) is 0 Å². The Labute approximate surface area is 81.2 Å². The molecule has 0 rings (SSSR count). The Bertz CT molecular complexity index is 115. The van der Waals surface area contributed by atoms with Crippen LogP contribution < -0.4 is 5.32 Å². The SMILES string of the molecule is CCC(CC)C(C)NC[C@H](O)CO. The third-order valence-corrected chi connectivity index (χ3v) is 2.64. The van der Waals surface area contributed by atoms with Gasteiger partial charge in [0.25, 0.3) is 0 Å². The van der Waals surface area contributed by atoms with Crippen molar-refractivity contribution in [2.75, 3.05) is 13.2 Å². The van der Waals surface area contributed by atoms with Crippen LogP contribution in [0.3, 0.4) is 0 Å². The second kappa shape index (κ2) is 7.30. The number of nitrogens with one attached hydrogen (secondary N) is 1. The minimum absolute atomic E-state index is 0.164. The average molecular weight is 189 g/mol. The summed E-state index contributed by atoms with van der Waals surface area (Å²) in [7, 11) is 0. The zero-order valence-electron chi connectivity index (χ0n) is 8.95. The third-order valence-electron chi connectivity index (χ3n) is 2.64. The predicted octanol–water partition coefficient (Wildman–Crippen LogP) is 0.754. The number of aliphatic hydroxyl groups excluding tert-OH is 2. The van der Waals surface area contributed by atoms with E-state index >= 15 is 0 Å². The second-order valence-corrected chi connectivity index (χ2v) is 3.61. The molecule has 0 amide bonds. The second-order valence-electron chi connectivity index (χ2n) is 3.61. The minimum Gasteiger partial charge on any atom is -0.394 e.